The summed E-state index contributed by atoms with van der Waals surface area (Å²) in [6.45, 7) is 3.12. The van der Waals surface area contributed by atoms with E-state index in [1.54, 1.807) is 23.3 Å². The molecule has 5 heteroatoms. The molecule has 2 aromatic heterocycles. The predicted molar refractivity (Wildman–Crippen MR) is 96.7 cm³/mol. The van der Waals surface area contributed by atoms with Crippen molar-refractivity contribution >= 4 is 5.91 Å². The summed E-state index contributed by atoms with van der Waals surface area (Å²) in [6, 6.07) is 15.6. The normalized spacial score (nSPS) is 11.9. The van der Waals surface area contributed by atoms with Crippen molar-refractivity contribution in [3.8, 4) is 0 Å². The molecule has 1 atom stereocenters. The molecule has 0 fully saturated rings. The standard InChI is InChI=1S/C20H22N4O/c1-17(24-14-5-11-22-24)20(25)23(16-19-8-12-21-13-9-19)15-10-18-6-3-2-4-7-18/h2-9,11-14,17H,10,15-16H2,1H3. The second kappa shape index (κ2) is 8.24. The Morgan fingerprint density at radius 3 is 2.48 bits per heavy atom. The Balaban J connectivity index is 1.74. The lowest BCUT2D eigenvalue weighted by Gasteiger charge is -2.26. The third kappa shape index (κ3) is 4.53. The highest BCUT2D eigenvalue weighted by atomic mass is 16.2. The van der Waals surface area contributed by atoms with Gasteiger partial charge in [0.15, 0.2) is 0 Å². The third-order valence-corrected chi connectivity index (χ3v) is 4.23. The summed E-state index contributed by atoms with van der Waals surface area (Å²) in [5.41, 5.74) is 2.30. The number of rotatable bonds is 7. The summed E-state index contributed by atoms with van der Waals surface area (Å²) >= 11 is 0. The number of aromatic nitrogens is 3. The molecule has 0 aliphatic carbocycles. The maximum atomic E-state index is 13.0. The van der Waals surface area contributed by atoms with E-state index in [2.05, 4.69) is 22.2 Å². The van der Waals surface area contributed by atoms with Gasteiger partial charge in [0.05, 0.1) is 0 Å². The molecule has 1 amide bonds. The Morgan fingerprint density at radius 2 is 1.80 bits per heavy atom. The third-order valence-electron chi connectivity index (χ3n) is 4.23. The molecule has 0 N–H and O–H groups in total. The molecular formula is C20H22N4O. The van der Waals surface area contributed by atoms with Crippen molar-refractivity contribution in [1.29, 1.82) is 0 Å². The van der Waals surface area contributed by atoms with Crippen LogP contribution >= 0.6 is 0 Å². The van der Waals surface area contributed by atoms with Gasteiger partial charge in [-0.2, -0.15) is 5.10 Å². The molecular weight excluding hydrogens is 312 g/mol. The molecule has 0 radical (unpaired) electrons. The second-order valence-corrected chi connectivity index (χ2v) is 6.01. The Hall–Kier alpha value is -2.95. The fourth-order valence-corrected chi connectivity index (χ4v) is 2.77. The highest BCUT2D eigenvalue weighted by molar-refractivity contribution is 5.80. The average Bonchev–Trinajstić information content (AvgIpc) is 3.20. The van der Waals surface area contributed by atoms with Crippen molar-refractivity contribution < 1.29 is 4.79 Å². The predicted octanol–water partition coefficient (Wildman–Crippen LogP) is 3.11. The maximum absolute atomic E-state index is 13.0. The first-order chi connectivity index (χ1) is 12.2. The van der Waals surface area contributed by atoms with Crippen LogP contribution in [0, 0.1) is 0 Å². The molecule has 3 rings (SSSR count). The van der Waals surface area contributed by atoms with Crippen molar-refractivity contribution in [3.63, 3.8) is 0 Å². The maximum Gasteiger partial charge on any atom is 0.247 e. The van der Waals surface area contributed by atoms with Crippen LogP contribution in [0.2, 0.25) is 0 Å². The fourth-order valence-electron chi connectivity index (χ4n) is 2.77. The molecule has 1 unspecified atom stereocenters. The minimum atomic E-state index is -0.326. The van der Waals surface area contributed by atoms with Crippen molar-refractivity contribution in [3.05, 3.63) is 84.4 Å². The Labute approximate surface area is 147 Å². The summed E-state index contributed by atoms with van der Waals surface area (Å²) in [5.74, 6) is 0.0662. The summed E-state index contributed by atoms with van der Waals surface area (Å²) in [5, 5.41) is 4.20. The number of hydrogen-bond donors (Lipinski definition) is 0. The smallest absolute Gasteiger partial charge is 0.247 e. The van der Waals surface area contributed by atoms with E-state index in [4.69, 9.17) is 0 Å². The summed E-state index contributed by atoms with van der Waals surface area (Å²) in [4.78, 5) is 19.0. The molecule has 0 aliphatic heterocycles. The van der Waals surface area contributed by atoms with Crippen LogP contribution in [0.1, 0.15) is 24.1 Å². The van der Waals surface area contributed by atoms with Crippen LogP contribution in [0.4, 0.5) is 0 Å². The van der Waals surface area contributed by atoms with Crippen LogP contribution in [-0.4, -0.2) is 32.1 Å². The number of pyridine rings is 1. The molecule has 0 spiro atoms. The van der Waals surface area contributed by atoms with Gasteiger partial charge in [-0.25, -0.2) is 0 Å². The number of carbonyl (C=O) groups excluding carboxylic acids is 1. The van der Waals surface area contributed by atoms with Crippen LogP contribution in [-0.2, 0) is 17.8 Å². The van der Waals surface area contributed by atoms with Crippen molar-refractivity contribution in [1.82, 2.24) is 19.7 Å². The second-order valence-electron chi connectivity index (χ2n) is 6.01. The number of amides is 1. The van der Waals surface area contributed by atoms with Crippen LogP contribution in [0.3, 0.4) is 0 Å². The lowest BCUT2D eigenvalue weighted by molar-refractivity contribution is -0.135. The van der Waals surface area contributed by atoms with Gasteiger partial charge < -0.3 is 4.90 Å². The van der Waals surface area contributed by atoms with Gasteiger partial charge in [0.1, 0.15) is 6.04 Å². The lowest BCUT2D eigenvalue weighted by Crippen LogP contribution is -2.37. The van der Waals surface area contributed by atoms with Crippen LogP contribution in [0.15, 0.2) is 73.3 Å². The quantitative estimate of drug-likeness (QED) is 0.667. The minimum Gasteiger partial charge on any atom is -0.336 e. The Kier molecular flexibility index (Phi) is 5.57. The first-order valence-corrected chi connectivity index (χ1v) is 8.45. The van der Waals surface area contributed by atoms with Crippen LogP contribution in [0.5, 0.6) is 0 Å². The lowest BCUT2D eigenvalue weighted by atomic mass is 10.1. The van der Waals surface area contributed by atoms with Gasteiger partial charge in [-0.15, -0.1) is 0 Å². The van der Waals surface area contributed by atoms with Crippen LogP contribution < -0.4 is 0 Å². The molecule has 0 saturated heterocycles. The van der Waals surface area contributed by atoms with Gasteiger partial charge in [0, 0.05) is 37.9 Å². The fraction of sp³-hybridized carbons (Fsp3) is 0.250. The van der Waals surface area contributed by atoms with E-state index in [9.17, 15) is 4.79 Å². The Morgan fingerprint density at radius 1 is 1.04 bits per heavy atom. The van der Waals surface area contributed by atoms with E-state index in [-0.39, 0.29) is 11.9 Å². The SMILES string of the molecule is CC(C(=O)N(CCc1ccccc1)Cc1ccncc1)n1cccn1. The first kappa shape index (κ1) is 16.9. The molecule has 5 nitrogen and oxygen atoms in total. The van der Waals surface area contributed by atoms with Gasteiger partial charge in [0.25, 0.3) is 0 Å². The zero-order valence-corrected chi connectivity index (χ0v) is 14.3. The van der Waals surface area contributed by atoms with E-state index < -0.39 is 0 Å². The zero-order valence-electron chi connectivity index (χ0n) is 14.3. The van der Waals surface area contributed by atoms with Gasteiger partial charge >= 0.3 is 0 Å². The topological polar surface area (TPSA) is 51.0 Å². The zero-order chi connectivity index (χ0) is 17.5. The summed E-state index contributed by atoms with van der Waals surface area (Å²) in [6.07, 6.45) is 7.85. The summed E-state index contributed by atoms with van der Waals surface area (Å²) < 4.78 is 1.70. The monoisotopic (exact) mass is 334 g/mol. The highest BCUT2D eigenvalue weighted by Crippen LogP contribution is 2.13. The van der Waals surface area contributed by atoms with E-state index >= 15 is 0 Å². The van der Waals surface area contributed by atoms with E-state index in [0.717, 1.165) is 12.0 Å². The number of benzene rings is 1. The summed E-state index contributed by atoms with van der Waals surface area (Å²) in [7, 11) is 0. The molecule has 2 heterocycles. The molecule has 1 aromatic carbocycles. The van der Waals surface area contributed by atoms with Gasteiger partial charge in [-0.05, 0) is 42.7 Å². The minimum absolute atomic E-state index is 0.0662. The van der Waals surface area contributed by atoms with Gasteiger partial charge in [-0.1, -0.05) is 30.3 Å². The van der Waals surface area contributed by atoms with E-state index in [1.165, 1.54) is 5.56 Å². The van der Waals surface area contributed by atoms with E-state index in [0.29, 0.717) is 13.1 Å². The van der Waals surface area contributed by atoms with E-state index in [1.807, 2.05) is 54.4 Å². The van der Waals surface area contributed by atoms with Crippen molar-refractivity contribution in [2.24, 2.45) is 0 Å². The number of hydrogen-bond acceptors (Lipinski definition) is 3. The number of carbonyl (C=O) groups is 1. The van der Waals surface area contributed by atoms with Crippen LogP contribution in [0.25, 0.3) is 0 Å². The van der Waals surface area contributed by atoms with Gasteiger partial charge in [0.2, 0.25) is 5.91 Å². The average molecular weight is 334 g/mol. The Bertz CT molecular complexity index is 772. The first-order valence-electron chi connectivity index (χ1n) is 8.45. The molecule has 3 aromatic rings. The molecule has 0 aliphatic rings. The molecule has 128 valence electrons. The largest absolute Gasteiger partial charge is 0.336 e. The molecule has 0 bridgehead atoms. The van der Waals surface area contributed by atoms with Crippen molar-refractivity contribution in [2.75, 3.05) is 6.54 Å². The number of nitrogens with zero attached hydrogens (tertiary/aromatic N) is 4. The van der Waals surface area contributed by atoms with Crippen molar-refractivity contribution in [2.45, 2.75) is 25.9 Å². The molecule has 0 saturated carbocycles. The molecule has 25 heavy (non-hydrogen) atoms. The van der Waals surface area contributed by atoms with Gasteiger partial charge in [-0.3, -0.25) is 14.5 Å². The highest BCUT2D eigenvalue weighted by Gasteiger charge is 2.22.